The molecule has 25 heavy (non-hydrogen) atoms. The van der Waals surface area contributed by atoms with Crippen molar-refractivity contribution < 1.29 is 9.18 Å². The monoisotopic (exact) mass is 357 g/mol. The van der Waals surface area contributed by atoms with E-state index in [4.69, 9.17) is 0 Å². The van der Waals surface area contributed by atoms with Crippen molar-refractivity contribution in [3.8, 4) is 11.3 Å². The van der Waals surface area contributed by atoms with E-state index in [1.54, 1.807) is 42.1 Å². The number of aromatic nitrogens is 4. The number of aryl methyl sites for hydroxylation is 1. The standard InChI is InChI=1S/C17H16FN5OS/c1-23-16-12-6-10(18)2-3-14(12)25-8-13(16)15(22-23)17(24)20-5-4-11-7-19-9-21-11/h2-3,6-7,9H,4-5,8H2,1H3,(H,19,21)(H,20,24). The molecule has 0 aliphatic carbocycles. The van der Waals surface area contributed by atoms with Gasteiger partial charge < -0.3 is 10.3 Å². The van der Waals surface area contributed by atoms with Crippen LogP contribution in [0.2, 0.25) is 0 Å². The fraction of sp³-hybridized carbons (Fsp3) is 0.235. The quantitative estimate of drug-likeness (QED) is 0.752. The third-order valence-electron chi connectivity index (χ3n) is 4.16. The first kappa shape index (κ1) is 15.9. The van der Waals surface area contributed by atoms with Crippen LogP contribution < -0.4 is 5.32 Å². The molecule has 0 unspecified atom stereocenters. The van der Waals surface area contributed by atoms with E-state index >= 15 is 0 Å². The van der Waals surface area contributed by atoms with Crippen LogP contribution in [-0.4, -0.2) is 32.2 Å². The van der Waals surface area contributed by atoms with Gasteiger partial charge in [-0.05, 0) is 18.2 Å². The number of hydrogen-bond donors (Lipinski definition) is 2. The number of halogens is 1. The van der Waals surface area contributed by atoms with Crippen LogP contribution in [0, 0.1) is 5.82 Å². The molecular weight excluding hydrogens is 341 g/mol. The van der Waals surface area contributed by atoms with Gasteiger partial charge >= 0.3 is 0 Å². The third-order valence-corrected chi connectivity index (χ3v) is 5.26. The smallest absolute Gasteiger partial charge is 0.272 e. The van der Waals surface area contributed by atoms with Crippen molar-refractivity contribution in [1.82, 2.24) is 25.1 Å². The molecule has 0 bridgehead atoms. The fourth-order valence-corrected chi connectivity index (χ4v) is 4.05. The molecule has 128 valence electrons. The van der Waals surface area contributed by atoms with E-state index < -0.39 is 0 Å². The van der Waals surface area contributed by atoms with Crippen LogP contribution >= 0.6 is 11.8 Å². The molecule has 1 aliphatic rings. The van der Waals surface area contributed by atoms with Crippen molar-refractivity contribution in [3.63, 3.8) is 0 Å². The van der Waals surface area contributed by atoms with Crippen molar-refractivity contribution in [1.29, 1.82) is 0 Å². The highest BCUT2D eigenvalue weighted by atomic mass is 32.2. The number of H-pyrrole nitrogens is 1. The summed E-state index contributed by atoms with van der Waals surface area (Å²) in [6.45, 7) is 0.491. The Kier molecular flexibility index (Phi) is 4.04. The number of amides is 1. The average molecular weight is 357 g/mol. The second kappa shape index (κ2) is 6.36. The summed E-state index contributed by atoms with van der Waals surface area (Å²) < 4.78 is 15.3. The molecule has 0 radical (unpaired) electrons. The lowest BCUT2D eigenvalue weighted by molar-refractivity contribution is 0.0947. The minimum atomic E-state index is -0.293. The first-order valence-corrected chi connectivity index (χ1v) is 8.86. The zero-order chi connectivity index (χ0) is 17.4. The molecule has 4 rings (SSSR count). The van der Waals surface area contributed by atoms with Gasteiger partial charge in [0.05, 0.1) is 12.0 Å². The number of hydrogen-bond acceptors (Lipinski definition) is 4. The molecule has 3 aromatic rings. The molecule has 1 aromatic carbocycles. The molecule has 0 atom stereocenters. The van der Waals surface area contributed by atoms with Crippen molar-refractivity contribution in [2.24, 2.45) is 7.05 Å². The van der Waals surface area contributed by atoms with Crippen molar-refractivity contribution in [3.05, 3.63) is 53.5 Å². The minimum Gasteiger partial charge on any atom is -0.350 e. The van der Waals surface area contributed by atoms with Gasteiger partial charge in [0.25, 0.3) is 5.91 Å². The number of aromatic amines is 1. The summed E-state index contributed by atoms with van der Waals surface area (Å²) in [5.74, 6) is 0.140. The zero-order valence-electron chi connectivity index (χ0n) is 13.5. The van der Waals surface area contributed by atoms with Gasteiger partial charge in [-0.25, -0.2) is 9.37 Å². The van der Waals surface area contributed by atoms with Crippen molar-refractivity contribution >= 4 is 17.7 Å². The summed E-state index contributed by atoms with van der Waals surface area (Å²) in [7, 11) is 1.78. The first-order valence-electron chi connectivity index (χ1n) is 7.87. The molecule has 0 saturated heterocycles. The molecule has 1 aliphatic heterocycles. The highest BCUT2D eigenvalue weighted by molar-refractivity contribution is 7.98. The number of fused-ring (bicyclic) bond motifs is 3. The lowest BCUT2D eigenvalue weighted by atomic mass is 10.1. The second-order valence-corrected chi connectivity index (χ2v) is 6.83. The van der Waals surface area contributed by atoms with Crippen LogP contribution in [0.15, 0.2) is 35.6 Å². The summed E-state index contributed by atoms with van der Waals surface area (Å²) in [6.07, 6.45) is 4.01. The van der Waals surface area contributed by atoms with Crippen molar-refractivity contribution in [2.75, 3.05) is 6.54 Å². The highest BCUT2D eigenvalue weighted by Gasteiger charge is 2.27. The molecule has 0 spiro atoms. The normalized spacial score (nSPS) is 12.6. The van der Waals surface area contributed by atoms with E-state index in [1.165, 1.54) is 12.1 Å². The van der Waals surface area contributed by atoms with Crippen LogP contribution in [-0.2, 0) is 19.2 Å². The van der Waals surface area contributed by atoms with Gasteiger partial charge in [-0.15, -0.1) is 11.8 Å². The fourth-order valence-electron chi connectivity index (χ4n) is 3.00. The number of carbonyl (C=O) groups excluding carboxylic acids is 1. The number of nitrogens with one attached hydrogen (secondary N) is 2. The summed E-state index contributed by atoms with van der Waals surface area (Å²) in [4.78, 5) is 20.5. The Balaban J connectivity index is 1.58. The van der Waals surface area contributed by atoms with Gasteiger partial charge in [-0.3, -0.25) is 9.48 Å². The van der Waals surface area contributed by atoms with Crippen LogP contribution in [0.5, 0.6) is 0 Å². The Labute approximate surface area is 147 Å². The van der Waals surface area contributed by atoms with Crippen LogP contribution in [0.1, 0.15) is 21.7 Å². The molecular formula is C17H16FN5OS. The van der Waals surface area contributed by atoms with Gasteiger partial charge in [0, 0.05) is 53.7 Å². The van der Waals surface area contributed by atoms with Crippen molar-refractivity contribution in [2.45, 2.75) is 17.1 Å². The average Bonchev–Trinajstić information content (AvgIpc) is 3.22. The highest BCUT2D eigenvalue weighted by Crippen LogP contribution is 2.42. The predicted molar refractivity (Wildman–Crippen MR) is 92.8 cm³/mol. The van der Waals surface area contributed by atoms with Crippen LogP contribution in [0.3, 0.4) is 0 Å². The van der Waals surface area contributed by atoms with Crippen LogP contribution in [0.25, 0.3) is 11.3 Å². The Bertz CT molecular complexity index is 935. The van der Waals surface area contributed by atoms with E-state index in [1.807, 2.05) is 0 Å². The van der Waals surface area contributed by atoms with Gasteiger partial charge in [0.1, 0.15) is 5.82 Å². The Hall–Kier alpha value is -2.61. The molecule has 8 heteroatoms. The zero-order valence-corrected chi connectivity index (χ0v) is 14.4. The molecule has 0 fully saturated rings. The lowest BCUT2D eigenvalue weighted by Crippen LogP contribution is -2.27. The number of imidazole rings is 1. The van der Waals surface area contributed by atoms with E-state index in [2.05, 4.69) is 20.4 Å². The van der Waals surface area contributed by atoms with Gasteiger partial charge in [-0.2, -0.15) is 5.10 Å². The van der Waals surface area contributed by atoms with E-state index in [9.17, 15) is 9.18 Å². The predicted octanol–water partition coefficient (Wildman–Crippen LogP) is 2.53. The summed E-state index contributed by atoms with van der Waals surface area (Å²) in [6, 6.07) is 4.73. The molecule has 3 heterocycles. The summed E-state index contributed by atoms with van der Waals surface area (Å²) in [5.41, 5.74) is 3.82. The van der Waals surface area contributed by atoms with Gasteiger partial charge in [0.2, 0.25) is 0 Å². The molecule has 0 saturated carbocycles. The van der Waals surface area contributed by atoms with Gasteiger partial charge in [0.15, 0.2) is 5.69 Å². The SMILES string of the molecule is Cn1nc(C(=O)NCCc2cnc[nH]2)c2c1-c1cc(F)ccc1SC2. The van der Waals surface area contributed by atoms with E-state index in [0.29, 0.717) is 24.4 Å². The topological polar surface area (TPSA) is 75.6 Å². The Morgan fingerprint density at radius 2 is 2.36 bits per heavy atom. The Morgan fingerprint density at radius 1 is 1.48 bits per heavy atom. The summed E-state index contributed by atoms with van der Waals surface area (Å²) >= 11 is 1.59. The largest absolute Gasteiger partial charge is 0.350 e. The van der Waals surface area contributed by atoms with Crippen LogP contribution in [0.4, 0.5) is 4.39 Å². The summed E-state index contributed by atoms with van der Waals surface area (Å²) in [5, 5.41) is 7.28. The molecule has 1 amide bonds. The molecule has 6 nitrogen and oxygen atoms in total. The second-order valence-electron chi connectivity index (χ2n) is 5.81. The van der Waals surface area contributed by atoms with Gasteiger partial charge in [-0.1, -0.05) is 0 Å². The van der Waals surface area contributed by atoms with E-state index in [-0.39, 0.29) is 11.7 Å². The lowest BCUT2D eigenvalue weighted by Gasteiger charge is -2.17. The molecule has 2 N–H and O–H groups in total. The number of carbonyl (C=O) groups is 1. The maximum absolute atomic E-state index is 13.7. The molecule has 2 aromatic heterocycles. The Morgan fingerprint density at radius 3 is 3.16 bits per heavy atom. The number of thioether (sulfide) groups is 1. The minimum absolute atomic E-state index is 0.211. The number of nitrogens with zero attached hydrogens (tertiary/aromatic N) is 3. The third kappa shape index (κ3) is 2.93. The number of benzene rings is 1. The number of rotatable bonds is 4. The first-order chi connectivity index (χ1) is 12.1. The maximum atomic E-state index is 13.7. The van der Waals surface area contributed by atoms with E-state index in [0.717, 1.165) is 27.4 Å². The maximum Gasteiger partial charge on any atom is 0.272 e.